The predicted molar refractivity (Wildman–Crippen MR) is 122 cm³/mol. The van der Waals surface area contributed by atoms with Gasteiger partial charge in [-0.15, -0.1) is 11.3 Å². The van der Waals surface area contributed by atoms with Crippen LogP contribution >= 0.6 is 22.9 Å². The maximum Gasteiger partial charge on any atom is 0.352 e. The number of hydrogen-bond donors (Lipinski definition) is 1. The smallest absolute Gasteiger partial charge is 0.352 e. The van der Waals surface area contributed by atoms with Crippen molar-refractivity contribution in [3.8, 4) is 5.75 Å². The van der Waals surface area contributed by atoms with Gasteiger partial charge in [-0.2, -0.15) is 0 Å². The number of carbonyl (C=O) groups is 1. The summed E-state index contributed by atoms with van der Waals surface area (Å²) in [4.78, 5) is 12.0. The van der Waals surface area contributed by atoms with Gasteiger partial charge in [0.05, 0.1) is 11.5 Å². The zero-order valence-corrected chi connectivity index (χ0v) is 20.1. The molecule has 0 unspecified atom stereocenters. The van der Waals surface area contributed by atoms with Crippen LogP contribution in [-0.4, -0.2) is 30.7 Å². The molecular weight excluding hydrogens is 458 g/mol. The minimum Gasteiger partial charge on any atom is -0.494 e. The number of carboxylic acid groups (broad SMARTS) is 1. The van der Waals surface area contributed by atoms with E-state index in [2.05, 4.69) is 0 Å². The second kappa shape index (κ2) is 9.06. The molecule has 0 spiro atoms. The molecule has 9 heteroatoms. The van der Waals surface area contributed by atoms with E-state index in [1.54, 1.807) is 29.9 Å². The number of benzene rings is 1. The molecule has 0 radical (unpaired) electrons. The summed E-state index contributed by atoms with van der Waals surface area (Å²) in [6.07, 6.45) is 0.508. The summed E-state index contributed by atoms with van der Waals surface area (Å²) in [6, 6.07) is 6.90. The number of aromatic nitrogens is 1. The van der Waals surface area contributed by atoms with E-state index in [1.807, 2.05) is 26.0 Å². The Morgan fingerprint density at radius 2 is 1.84 bits per heavy atom. The predicted octanol–water partition coefficient (Wildman–Crippen LogP) is 5.44. The molecule has 6 nitrogen and oxygen atoms in total. The van der Waals surface area contributed by atoms with Crippen LogP contribution in [0.3, 0.4) is 0 Å². The number of hydrogen-bond acceptors (Lipinski definition) is 5. The normalized spacial score (nSPS) is 11.6. The summed E-state index contributed by atoms with van der Waals surface area (Å²) in [5.74, 6) is -0.461. The fourth-order valence-electron chi connectivity index (χ4n) is 3.74. The average Bonchev–Trinajstić information content (AvgIpc) is 3.30. The second-order valence-corrected chi connectivity index (χ2v) is 10.8. The van der Waals surface area contributed by atoms with Crippen LogP contribution in [0, 0.1) is 27.7 Å². The van der Waals surface area contributed by atoms with Crippen LogP contribution in [0.4, 0.5) is 0 Å². The standard InChI is InChI=1S/C22H24ClNO5S2/c1-13-11-17(12-14(2)19(13)23)29-9-6-8-24-16(4)21(15(3)20(24)22(25)26)31(27,28)18-7-5-10-30-18/h5,7,10-12H,6,8-9H2,1-4H3,(H,25,26). The summed E-state index contributed by atoms with van der Waals surface area (Å²) in [6.45, 7) is 7.67. The van der Waals surface area contributed by atoms with Gasteiger partial charge in [-0.05, 0) is 68.8 Å². The first-order valence-electron chi connectivity index (χ1n) is 9.66. The third-order valence-electron chi connectivity index (χ3n) is 5.14. The van der Waals surface area contributed by atoms with Gasteiger partial charge in [0, 0.05) is 22.8 Å². The third-order valence-corrected chi connectivity index (χ3v) is 9.14. The van der Waals surface area contributed by atoms with E-state index in [9.17, 15) is 18.3 Å². The molecule has 0 aliphatic rings. The molecule has 2 aromatic heterocycles. The first kappa shape index (κ1) is 23.4. The summed E-state index contributed by atoms with van der Waals surface area (Å²) < 4.78 is 33.8. The lowest BCUT2D eigenvalue weighted by Gasteiger charge is -2.12. The van der Waals surface area contributed by atoms with Crippen LogP contribution < -0.4 is 4.74 Å². The first-order valence-corrected chi connectivity index (χ1v) is 12.4. The number of sulfone groups is 1. The van der Waals surface area contributed by atoms with Gasteiger partial charge in [-0.25, -0.2) is 13.2 Å². The number of aromatic carboxylic acids is 1. The highest BCUT2D eigenvalue weighted by Crippen LogP contribution is 2.33. The van der Waals surface area contributed by atoms with Crippen LogP contribution in [0.15, 0.2) is 38.8 Å². The third kappa shape index (κ3) is 4.51. The minimum atomic E-state index is -3.79. The van der Waals surface area contributed by atoms with E-state index in [1.165, 1.54) is 6.07 Å². The van der Waals surface area contributed by atoms with Crippen molar-refractivity contribution in [1.82, 2.24) is 4.57 Å². The van der Waals surface area contributed by atoms with Gasteiger partial charge in [0.25, 0.3) is 0 Å². The largest absolute Gasteiger partial charge is 0.494 e. The van der Waals surface area contributed by atoms with Crippen molar-refractivity contribution in [2.24, 2.45) is 0 Å². The molecular formula is C22H24ClNO5S2. The van der Waals surface area contributed by atoms with Gasteiger partial charge in [0.15, 0.2) is 0 Å². The van der Waals surface area contributed by atoms with Crippen molar-refractivity contribution in [3.05, 3.63) is 62.7 Å². The molecule has 0 saturated carbocycles. The van der Waals surface area contributed by atoms with E-state index < -0.39 is 15.8 Å². The maximum absolute atomic E-state index is 13.1. The Bertz CT molecular complexity index is 1200. The van der Waals surface area contributed by atoms with Crippen molar-refractivity contribution in [2.45, 2.75) is 49.8 Å². The SMILES string of the molecule is Cc1cc(OCCCn2c(C)c(S(=O)(=O)c3cccs3)c(C)c2C(=O)O)cc(C)c1Cl. The Morgan fingerprint density at radius 1 is 1.19 bits per heavy atom. The molecule has 1 aromatic carbocycles. The molecule has 0 saturated heterocycles. The number of halogens is 1. The molecule has 3 rings (SSSR count). The van der Waals surface area contributed by atoms with Crippen molar-refractivity contribution in [3.63, 3.8) is 0 Å². The van der Waals surface area contributed by atoms with Crippen LogP contribution in [0.2, 0.25) is 5.02 Å². The van der Waals surface area contributed by atoms with Crippen molar-refractivity contribution in [1.29, 1.82) is 0 Å². The molecule has 0 aliphatic heterocycles. The Hall–Kier alpha value is -2.29. The highest BCUT2D eigenvalue weighted by atomic mass is 35.5. The molecule has 166 valence electrons. The number of aryl methyl sites for hydroxylation is 2. The van der Waals surface area contributed by atoms with Crippen molar-refractivity contribution in [2.75, 3.05) is 6.61 Å². The lowest BCUT2D eigenvalue weighted by Crippen LogP contribution is -2.13. The minimum absolute atomic E-state index is 0.00851. The number of ether oxygens (including phenoxy) is 1. The van der Waals surface area contributed by atoms with Crippen molar-refractivity contribution >= 4 is 38.7 Å². The topological polar surface area (TPSA) is 85.6 Å². The molecule has 0 bridgehead atoms. The average molecular weight is 482 g/mol. The lowest BCUT2D eigenvalue weighted by atomic mass is 10.1. The molecule has 0 atom stereocenters. The number of nitrogens with zero attached hydrogens (tertiary/aromatic N) is 1. The Morgan fingerprint density at radius 3 is 2.39 bits per heavy atom. The summed E-state index contributed by atoms with van der Waals surface area (Å²) in [5.41, 5.74) is 2.51. The van der Waals surface area contributed by atoms with Crippen LogP contribution in [0.5, 0.6) is 5.75 Å². The number of thiophene rings is 1. The first-order chi connectivity index (χ1) is 14.6. The Balaban J connectivity index is 1.84. The molecule has 0 fully saturated rings. The lowest BCUT2D eigenvalue weighted by molar-refractivity contribution is 0.0683. The summed E-state index contributed by atoms with van der Waals surface area (Å²) in [5, 5.41) is 12.1. The second-order valence-electron chi connectivity index (χ2n) is 7.35. The highest BCUT2D eigenvalue weighted by molar-refractivity contribution is 7.93. The number of carboxylic acids is 1. The van der Waals surface area contributed by atoms with Crippen LogP contribution in [0.25, 0.3) is 0 Å². The highest BCUT2D eigenvalue weighted by Gasteiger charge is 2.31. The fourth-order valence-corrected chi connectivity index (χ4v) is 6.68. The zero-order chi connectivity index (χ0) is 22.9. The van der Waals surface area contributed by atoms with E-state index in [0.717, 1.165) is 22.5 Å². The molecule has 0 aliphatic carbocycles. The molecule has 0 amide bonds. The summed E-state index contributed by atoms with van der Waals surface area (Å²) >= 11 is 7.30. The molecule has 2 heterocycles. The van der Waals surface area contributed by atoms with Crippen LogP contribution in [-0.2, 0) is 16.4 Å². The van der Waals surface area contributed by atoms with E-state index >= 15 is 0 Å². The van der Waals surface area contributed by atoms with Gasteiger partial charge in [-0.1, -0.05) is 17.7 Å². The van der Waals surface area contributed by atoms with E-state index in [-0.39, 0.29) is 20.4 Å². The molecule has 1 N–H and O–H groups in total. The quantitative estimate of drug-likeness (QED) is 0.433. The zero-order valence-electron chi connectivity index (χ0n) is 17.7. The monoisotopic (exact) mass is 481 g/mol. The van der Waals surface area contributed by atoms with Gasteiger partial charge < -0.3 is 14.4 Å². The van der Waals surface area contributed by atoms with E-state index in [0.29, 0.717) is 36.0 Å². The van der Waals surface area contributed by atoms with Crippen LogP contribution in [0.1, 0.15) is 39.3 Å². The van der Waals surface area contributed by atoms with Gasteiger partial charge in [0.2, 0.25) is 9.84 Å². The van der Waals surface area contributed by atoms with Gasteiger partial charge in [-0.3, -0.25) is 0 Å². The van der Waals surface area contributed by atoms with Crippen molar-refractivity contribution < 1.29 is 23.1 Å². The summed E-state index contributed by atoms with van der Waals surface area (Å²) in [7, 11) is -3.79. The van der Waals surface area contributed by atoms with Gasteiger partial charge >= 0.3 is 5.97 Å². The maximum atomic E-state index is 13.1. The number of rotatable bonds is 8. The fraction of sp³-hybridized carbons (Fsp3) is 0.318. The van der Waals surface area contributed by atoms with E-state index in [4.69, 9.17) is 16.3 Å². The Labute approximate surface area is 191 Å². The van der Waals surface area contributed by atoms with Gasteiger partial charge in [0.1, 0.15) is 15.7 Å². The Kier molecular flexibility index (Phi) is 6.83. The molecule has 3 aromatic rings. The molecule has 31 heavy (non-hydrogen) atoms.